The molecule has 2 aromatic rings. The number of aromatic nitrogens is 1. The third-order valence-corrected chi connectivity index (χ3v) is 4.68. The molecule has 1 aliphatic heterocycles. The van der Waals surface area contributed by atoms with E-state index >= 15 is 0 Å². The molecule has 1 aromatic heterocycles. The summed E-state index contributed by atoms with van der Waals surface area (Å²) in [7, 11) is 0. The molecule has 1 N–H and O–H groups in total. The molecule has 4 nitrogen and oxygen atoms in total. The Morgan fingerprint density at radius 3 is 2.67 bits per heavy atom. The van der Waals surface area contributed by atoms with Crippen LogP contribution in [0.5, 0.6) is 0 Å². The highest BCUT2D eigenvalue weighted by atomic mass is 35.5. The third-order valence-electron chi connectivity index (χ3n) is 4.31. The molecule has 1 fully saturated rings. The van der Waals surface area contributed by atoms with E-state index in [1.807, 2.05) is 42.6 Å². The zero-order valence-electron chi connectivity index (χ0n) is 13.7. The number of benzene rings is 1. The summed E-state index contributed by atoms with van der Waals surface area (Å²) < 4.78 is 0. The van der Waals surface area contributed by atoms with E-state index < -0.39 is 0 Å². The maximum absolute atomic E-state index is 12.0. The Labute approximate surface area is 147 Å². The normalized spacial score (nSPS) is 14.0. The molecule has 0 bridgehead atoms. The van der Waals surface area contributed by atoms with Gasteiger partial charge in [-0.05, 0) is 42.5 Å². The van der Waals surface area contributed by atoms with Gasteiger partial charge in [0.15, 0.2) is 0 Å². The van der Waals surface area contributed by atoms with Crippen molar-refractivity contribution in [2.24, 2.45) is 0 Å². The SMILES string of the molecule is O=C(CCc1ccccc1Cl)NCc1ccc(N2CCCC2)nc1. The lowest BCUT2D eigenvalue weighted by molar-refractivity contribution is -0.121. The number of carbonyl (C=O) groups is 1. The van der Waals surface area contributed by atoms with E-state index in [9.17, 15) is 4.79 Å². The van der Waals surface area contributed by atoms with Crippen molar-refractivity contribution in [3.05, 3.63) is 58.7 Å². The first-order valence-corrected chi connectivity index (χ1v) is 8.80. The molecule has 0 aliphatic carbocycles. The summed E-state index contributed by atoms with van der Waals surface area (Å²) >= 11 is 6.11. The molecule has 1 saturated heterocycles. The van der Waals surface area contributed by atoms with E-state index in [1.54, 1.807) is 0 Å². The van der Waals surface area contributed by atoms with Gasteiger partial charge < -0.3 is 10.2 Å². The van der Waals surface area contributed by atoms with Crippen LogP contribution in [0.25, 0.3) is 0 Å². The highest BCUT2D eigenvalue weighted by Crippen LogP contribution is 2.18. The Bertz CT molecular complexity index is 681. The molecular formula is C19H22ClN3O. The number of aryl methyl sites for hydroxylation is 1. The summed E-state index contributed by atoms with van der Waals surface area (Å²) in [6.07, 6.45) is 5.42. The molecule has 5 heteroatoms. The maximum Gasteiger partial charge on any atom is 0.220 e. The Kier molecular flexibility index (Phi) is 5.70. The van der Waals surface area contributed by atoms with Crippen LogP contribution in [0.2, 0.25) is 5.02 Å². The predicted molar refractivity (Wildman–Crippen MR) is 97.3 cm³/mol. The quantitative estimate of drug-likeness (QED) is 0.871. The second-order valence-corrected chi connectivity index (χ2v) is 6.49. The van der Waals surface area contributed by atoms with Gasteiger partial charge in [-0.3, -0.25) is 4.79 Å². The van der Waals surface area contributed by atoms with Crippen molar-refractivity contribution in [3.63, 3.8) is 0 Å². The zero-order chi connectivity index (χ0) is 16.8. The molecule has 126 valence electrons. The van der Waals surface area contributed by atoms with Crippen LogP contribution >= 0.6 is 11.6 Å². The monoisotopic (exact) mass is 343 g/mol. The van der Waals surface area contributed by atoms with Crippen LogP contribution in [0.3, 0.4) is 0 Å². The summed E-state index contributed by atoms with van der Waals surface area (Å²) in [5.41, 5.74) is 2.02. The van der Waals surface area contributed by atoms with Crippen LogP contribution < -0.4 is 10.2 Å². The standard InChI is InChI=1S/C19H22ClN3O/c20-17-6-2-1-5-16(17)8-10-19(24)22-14-15-7-9-18(21-13-15)23-11-3-4-12-23/h1-2,5-7,9,13H,3-4,8,10-12,14H2,(H,22,24). The largest absolute Gasteiger partial charge is 0.357 e. The number of pyridine rings is 1. The number of carbonyl (C=O) groups excluding carboxylic acids is 1. The maximum atomic E-state index is 12.0. The molecule has 24 heavy (non-hydrogen) atoms. The lowest BCUT2D eigenvalue weighted by atomic mass is 10.1. The van der Waals surface area contributed by atoms with E-state index in [2.05, 4.69) is 15.2 Å². The summed E-state index contributed by atoms with van der Waals surface area (Å²) in [4.78, 5) is 18.8. The van der Waals surface area contributed by atoms with Gasteiger partial charge >= 0.3 is 0 Å². The third kappa shape index (κ3) is 4.48. The molecule has 0 saturated carbocycles. The Morgan fingerprint density at radius 2 is 1.96 bits per heavy atom. The van der Waals surface area contributed by atoms with Gasteiger partial charge in [-0.15, -0.1) is 0 Å². The van der Waals surface area contributed by atoms with Gasteiger partial charge in [-0.2, -0.15) is 0 Å². The summed E-state index contributed by atoms with van der Waals surface area (Å²) in [5.74, 6) is 1.06. The highest BCUT2D eigenvalue weighted by molar-refractivity contribution is 6.31. The summed E-state index contributed by atoms with van der Waals surface area (Å²) in [5, 5.41) is 3.66. The van der Waals surface area contributed by atoms with Crippen molar-refractivity contribution in [2.75, 3.05) is 18.0 Å². The van der Waals surface area contributed by atoms with Gasteiger partial charge in [0.2, 0.25) is 5.91 Å². The van der Waals surface area contributed by atoms with E-state index in [-0.39, 0.29) is 5.91 Å². The van der Waals surface area contributed by atoms with Gasteiger partial charge in [-0.25, -0.2) is 4.98 Å². The molecule has 0 radical (unpaired) electrons. The van der Waals surface area contributed by atoms with Crippen molar-refractivity contribution in [2.45, 2.75) is 32.2 Å². The van der Waals surface area contributed by atoms with Crippen molar-refractivity contribution in [3.8, 4) is 0 Å². The minimum absolute atomic E-state index is 0.0264. The van der Waals surface area contributed by atoms with Gasteiger partial charge in [0.25, 0.3) is 0 Å². The van der Waals surface area contributed by atoms with Crippen LogP contribution in [-0.2, 0) is 17.8 Å². The predicted octanol–water partition coefficient (Wildman–Crippen LogP) is 3.58. The van der Waals surface area contributed by atoms with Crippen molar-refractivity contribution >= 4 is 23.3 Å². The molecule has 0 spiro atoms. The van der Waals surface area contributed by atoms with Crippen molar-refractivity contribution in [1.82, 2.24) is 10.3 Å². The molecule has 1 aromatic carbocycles. The minimum Gasteiger partial charge on any atom is -0.357 e. The number of nitrogens with zero attached hydrogens (tertiary/aromatic N) is 2. The minimum atomic E-state index is 0.0264. The van der Waals surface area contributed by atoms with E-state index in [4.69, 9.17) is 11.6 Å². The molecule has 1 aliphatic rings. The number of rotatable bonds is 6. The smallest absolute Gasteiger partial charge is 0.220 e. The van der Waals surface area contributed by atoms with Gasteiger partial charge in [0, 0.05) is 37.3 Å². The average Bonchev–Trinajstić information content (AvgIpc) is 3.14. The first kappa shape index (κ1) is 16.8. The van der Waals surface area contributed by atoms with Gasteiger partial charge in [-0.1, -0.05) is 35.9 Å². The van der Waals surface area contributed by atoms with E-state index in [0.29, 0.717) is 24.4 Å². The topological polar surface area (TPSA) is 45.2 Å². The summed E-state index contributed by atoms with van der Waals surface area (Å²) in [6, 6.07) is 11.7. The van der Waals surface area contributed by atoms with Crippen LogP contribution in [0.15, 0.2) is 42.6 Å². The van der Waals surface area contributed by atoms with E-state index in [0.717, 1.165) is 30.0 Å². The van der Waals surface area contributed by atoms with Gasteiger partial charge in [0.1, 0.15) is 5.82 Å². The van der Waals surface area contributed by atoms with Crippen LogP contribution in [-0.4, -0.2) is 24.0 Å². The molecule has 0 atom stereocenters. The Morgan fingerprint density at radius 1 is 1.17 bits per heavy atom. The van der Waals surface area contributed by atoms with Crippen LogP contribution in [0, 0.1) is 0 Å². The van der Waals surface area contributed by atoms with Crippen LogP contribution in [0.1, 0.15) is 30.4 Å². The zero-order valence-corrected chi connectivity index (χ0v) is 14.4. The van der Waals surface area contributed by atoms with Gasteiger partial charge in [0.05, 0.1) is 0 Å². The fourth-order valence-corrected chi connectivity index (χ4v) is 3.12. The lowest BCUT2D eigenvalue weighted by Crippen LogP contribution is -2.23. The highest BCUT2D eigenvalue weighted by Gasteiger charge is 2.13. The molecular weight excluding hydrogens is 322 g/mol. The Hall–Kier alpha value is -2.07. The molecule has 0 unspecified atom stereocenters. The first-order valence-electron chi connectivity index (χ1n) is 8.42. The van der Waals surface area contributed by atoms with E-state index in [1.165, 1.54) is 12.8 Å². The second kappa shape index (κ2) is 8.15. The van der Waals surface area contributed by atoms with Crippen LogP contribution in [0.4, 0.5) is 5.82 Å². The second-order valence-electron chi connectivity index (χ2n) is 6.09. The average molecular weight is 344 g/mol. The molecule has 2 heterocycles. The number of halogens is 1. The lowest BCUT2D eigenvalue weighted by Gasteiger charge is -2.16. The fraction of sp³-hybridized carbons (Fsp3) is 0.368. The number of amides is 1. The Balaban J connectivity index is 1.45. The number of hydrogen-bond donors (Lipinski definition) is 1. The molecule has 3 rings (SSSR count). The van der Waals surface area contributed by atoms with Crippen molar-refractivity contribution < 1.29 is 4.79 Å². The number of hydrogen-bond acceptors (Lipinski definition) is 3. The molecule has 1 amide bonds. The first-order chi connectivity index (χ1) is 11.7. The number of anilines is 1. The number of nitrogens with one attached hydrogen (secondary N) is 1. The summed E-state index contributed by atoms with van der Waals surface area (Å²) in [6.45, 7) is 2.69. The fourth-order valence-electron chi connectivity index (χ4n) is 2.89. The van der Waals surface area contributed by atoms with Crippen molar-refractivity contribution in [1.29, 1.82) is 0 Å².